The minimum absolute atomic E-state index is 0.186. The molecular formula is C11H9N5S. The summed E-state index contributed by atoms with van der Waals surface area (Å²) in [5.41, 5.74) is 1.26. The van der Waals surface area contributed by atoms with Gasteiger partial charge in [-0.3, -0.25) is 0 Å². The molecule has 0 aliphatic carbocycles. The minimum atomic E-state index is -0.186. The second-order valence-electron chi connectivity index (χ2n) is 3.55. The zero-order valence-corrected chi connectivity index (χ0v) is 9.71. The summed E-state index contributed by atoms with van der Waals surface area (Å²) in [7, 11) is 0. The van der Waals surface area contributed by atoms with Crippen LogP contribution >= 0.6 is 11.8 Å². The molecule has 0 spiro atoms. The normalized spacial score (nSPS) is 21.1. The van der Waals surface area contributed by atoms with Crippen molar-refractivity contribution in [3.8, 4) is 0 Å². The summed E-state index contributed by atoms with van der Waals surface area (Å²) in [4.78, 5) is 8.27. The lowest BCUT2D eigenvalue weighted by Gasteiger charge is -2.11. The molecular weight excluding hydrogens is 234 g/mol. The van der Waals surface area contributed by atoms with E-state index in [9.17, 15) is 0 Å². The lowest BCUT2D eigenvalue weighted by Crippen LogP contribution is -2.25. The van der Waals surface area contributed by atoms with Crippen molar-refractivity contribution < 1.29 is 0 Å². The maximum atomic E-state index is 4.24. The third kappa shape index (κ3) is 2.16. The first-order valence-electron chi connectivity index (χ1n) is 5.18. The first-order valence-corrected chi connectivity index (χ1v) is 6.17. The van der Waals surface area contributed by atoms with Gasteiger partial charge >= 0.3 is 0 Å². The Morgan fingerprint density at radius 3 is 2.94 bits per heavy atom. The molecule has 0 radical (unpaired) electrons. The van der Waals surface area contributed by atoms with Gasteiger partial charge in [-0.25, -0.2) is 9.98 Å². The Morgan fingerprint density at radius 1 is 1.18 bits per heavy atom. The van der Waals surface area contributed by atoms with Crippen LogP contribution in [-0.2, 0) is 5.75 Å². The van der Waals surface area contributed by atoms with Gasteiger partial charge in [-0.1, -0.05) is 30.3 Å². The molecule has 5 nitrogen and oxygen atoms in total. The van der Waals surface area contributed by atoms with E-state index in [0.717, 1.165) is 10.8 Å². The van der Waals surface area contributed by atoms with E-state index in [-0.39, 0.29) is 6.04 Å². The Hall–Kier alpha value is -1.82. The van der Waals surface area contributed by atoms with Crippen LogP contribution < -0.4 is 0 Å². The number of nitrogens with zero attached hydrogens (tertiary/aromatic N) is 5. The topological polar surface area (TPSA) is 61.8 Å². The number of rotatable bonds is 2. The van der Waals surface area contributed by atoms with Crippen molar-refractivity contribution in [2.24, 2.45) is 25.4 Å². The number of hydrogen-bond donors (Lipinski definition) is 0. The van der Waals surface area contributed by atoms with Crippen molar-refractivity contribution in [1.29, 1.82) is 0 Å². The molecule has 1 aromatic carbocycles. The van der Waals surface area contributed by atoms with Crippen molar-refractivity contribution in [3.05, 3.63) is 35.9 Å². The minimum Gasteiger partial charge on any atom is -0.232 e. The molecule has 0 saturated heterocycles. The molecule has 0 aromatic heterocycles. The van der Waals surface area contributed by atoms with E-state index < -0.39 is 0 Å². The third-order valence-electron chi connectivity index (χ3n) is 2.40. The van der Waals surface area contributed by atoms with Crippen LogP contribution in [0.5, 0.6) is 0 Å². The highest BCUT2D eigenvalue weighted by atomic mass is 32.2. The first kappa shape index (κ1) is 10.3. The van der Waals surface area contributed by atoms with Gasteiger partial charge in [-0.05, 0) is 10.8 Å². The molecule has 0 bridgehead atoms. The first-order chi connectivity index (χ1) is 8.43. The quantitative estimate of drug-likeness (QED) is 0.787. The number of fused-ring (bicyclic) bond motifs is 1. The van der Waals surface area contributed by atoms with Gasteiger partial charge < -0.3 is 0 Å². The van der Waals surface area contributed by atoms with Gasteiger partial charge in [-0.15, -0.1) is 16.9 Å². The molecule has 17 heavy (non-hydrogen) atoms. The molecule has 3 rings (SSSR count). The lowest BCUT2D eigenvalue weighted by atomic mass is 10.2. The molecule has 0 amide bonds. The highest BCUT2D eigenvalue weighted by molar-refractivity contribution is 8.13. The number of hydrogen-bond acceptors (Lipinski definition) is 6. The van der Waals surface area contributed by atoms with Crippen molar-refractivity contribution in [2.45, 2.75) is 11.8 Å². The van der Waals surface area contributed by atoms with Gasteiger partial charge in [0.25, 0.3) is 0 Å². The average Bonchev–Trinajstić information content (AvgIpc) is 2.86. The van der Waals surface area contributed by atoms with Gasteiger partial charge in [0.15, 0.2) is 11.9 Å². The van der Waals surface area contributed by atoms with E-state index in [1.54, 1.807) is 11.8 Å². The fourth-order valence-electron chi connectivity index (χ4n) is 1.55. The monoisotopic (exact) mass is 243 g/mol. The molecule has 2 aliphatic heterocycles. The summed E-state index contributed by atoms with van der Waals surface area (Å²) in [5.74, 6) is 1.50. The molecule has 2 aliphatic rings. The molecule has 0 fully saturated rings. The smallest absolute Gasteiger partial charge is 0.187 e. The number of amidine groups is 1. The van der Waals surface area contributed by atoms with Crippen LogP contribution in [0.15, 0.2) is 55.8 Å². The van der Waals surface area contributed by atoms with Crippen LogP contribution in [0.1, 0.15) is 5.56 Å². The maximum Gasteiger partial charge on any atom is 0.187 e. The molecule has 84 valence electrons. The third-order valence-corrected chi connectivity index (χ3v) is 3.50. The van der Waals surface area contributed by atoms with E-state index in [0.29, 0.717) is 5.84 Å². The maximum absolute atomic E-state index is 4.24. The summed E-state index contributed by atoms with van der Waals surface area (Å²) in [6, 6.07) is 10.1. The van der Waals surface area contributed by atoms with Gasteiger partial charge in [-0.2, -0.15) is 5.11 Å². The van der Waals surface area contributed by atoms with Crippen LogP contribution in [0.2, 0.25) is 0 Å². The lowest BCUT2D eigenvalue weighted by molar-refractivity contribution is 1.01. The van der Waals surface area contributed by atoms with E-state index in [1.807, 2.05) is 18.2 Å². The molecule has 1 unspecified atom stereocenters. The van der Waals surface area contributed by atoms with Crippen molar-refractivity contribution >= 4 is 29.0 Å². The fraction of sp³-hybridized carbons (Fsp3) is 0.182. The molecule has 0 N–H and O–H groups in total. The van der Waals surface area contributed by atoms with Crippen LogP contribution in [0, 0.1) is 0 Å². The SMILES string of the molecule is C1=NC2=NN=NC2C(SCc2ccccc2)=N1. The van der Waals surface area contributed by atoms with E-state index in [2.05, 4.69) is 37.6 Å². The van der Waals surface area contributed by atoms with Gasteiger partial charge in [0.2, 0.25) is 0 Å². The van der Waals surface area contributed by atoms with Gasteiger partial charge in [0.05, 0.1) is 0 Å². The second kappa shape index (κ2) is 4.58. The van der Waals surface area contributed by atoms with Crippen LogP contribution in [0.25, 0.3) is 0 Å². The average molecular weight is 243 g/mol. The fourth-order valence-corrected chi connectivity index (χ4v) is 2.49. The molecule has 1 aromatic rings. The highest BCUT2D eigenvalue weighted by Gasteiger charge is 2.27. The van der Waals surface area contributed by atoms with Crippen LogP contribution in [0.3, 0.4) is 0 Å². The Bertz CT molecular complexity index is 532. The van der Waals surface area contributed by atoms with E-state index in [1.165, 1.54) is 11.9 Å². The Kier molecular flexibility index (Phi) is 2.79. The number of benzene rings is 1. The largest absolute Gasteiger partial charge is 0.232 e. The zero-order valence-electron chi connectivity index (χ0n) is 8.89. The Labute approximate surface area is 102 Å². The van der Waals surface area contributed by atoms with Crippen LogP contribution in [0.4, 0.5) is 0 Å². The summed E-state index contributed by atoms with van der Waals surface area (Å²) >= 11 is 1.65. The van der Waals surface area contributed by atoms with Crippen LogP contribution in [-0.4, -0.2) is 23.3 Å². The van der Waals surface area contributed by atoms with Crippen molar-refractivity contribution in [2.75, 3.05) is 0 Å². The highest BCUT2D eigenvalue weighted by Crippen LogP contribution is 2.22. The van der Waals surface area contributed by atoms with Crippen molar-refractivity contribution in [3.63, 3.8) is 0 Å². The van der Waals surface area contributed by atoms with Crippen molar-refractivity contribution in [1.82, 2.24) is 0 Å². The standard InChI is InChI=1S/C11H9N5S/c1-2-4-8(5-3-1)6-17-11-9-10(12-7-13-11)15-16-14-9/h1-5,7,9H,6H2. The predicted molar refractivity (Wildman–Crippen MR) is 69.7 cm³/mol. The zero-order chi connectivity index (χ0) is 11.5. The predicted octanol–water partition coefficient (Wildman–Crippen LogP) is 2.51. The van der Waals surface area contributed by atoms with E-state index >= 15 is 0 Å². The molecule has 2 heterocycles. The summed E-state index contributed by atoms with van der Waals surface area (Å²) in [6.45, 7) is 0. The summed E-state index contributed by atoms with van der Waals surface area (Å²) in [5, 5.41) is 12.4. The van der Waals surface area contributed by atoms with Gasteiger partial charge in [0, 0.05) is 5.75 Å². The summed E-state index contributed by atoms with van der Waals surface area (Å²) < 4.78 is 0. The number of thioether (sulfide) groups is 1. The Morgan fingerprint density at radius 2 is 2.06 bits per heavy atom. The second-order valence-corrected chi connectivity index (χ2v) is 4.55. The number of aliphatic imine (C=N–C) groups is 2. The van der Waals surface area contributed by atoms with Gasteiger partial charge in [0.1, 0.15) is 11.4 Å². The molecule has 6 heteroatoms. The molecule has 0 saturated carbocycles. The summed E-state index contributed by atoms with van der Waals surface area (Å²) in [6.07, 6.45) is 1.51. The van der Waals surface area contributed by atoms with E-state index in [4.69, 9.17) is 0 Å². The molecule has 1 atom stereocenters. The Balaban J connectivity index is 1.70.